The minimum Gasteiger partial charge on any atom is -0.355 e. The normalized spacial score (nSPS) is 15.9. The molecule has 1 fully saturated rings. The first-order chi connectivity index (χ1) is 9.47. The average Bonchev–Trinajstić information content (AvgIpc) is 3.28. The molecule has 0 radical (unpaired) electrons. The quantitative estimate of drug-likeness (QED) is 0.705. The Labute approximate surface area is 130 Å². The maximum Gasteiger partial charge on any atom is 0.251 e. The Bertz CT molecular complexity index is 585. The van der Waals surface area contributed by atoms with E-state index in [0.29, 0.717) is 18.0 Å². The maximum atomic E-state index is 12.2. The second-order valence-electron chi connectivity index (χ2n) is 4.90. The van der Waals surface area contributed by atoms with Crippen LogP contribution >= 0.6 is 12.4 Å². The smallest absolute Gasteiger partial charge is 0.251 e. The summed E-state index contributed by atoms with van der Waals surface area (Å²) in [6.45, 7) is 0.292. The van der Waals surface area contributed by atoms with Gasteiger partial charge in [-0.1, -0.05) is 0 Å². The van der Waals surface area contributed by atoms with E-state index in [2.05, 4.69) is 10.0 Å². The predicted molar refractivity (Wildman–Crippen MR) is 83.0 cm³/mol. The number of nitrogens with two attached hydrogens (primary N) is 1. The van der Waals surface area contributed by atoms with Crippen molar-refractivity contribution in [2.75, 3.05) is 13.6 Å². The summed E-state index contributed by atoms with van der Waals surface area (Å²) >= 11 is 0. The van der Waals surface area contributed by atoms with Crippen LogP contribution in [-0.2, 0) is 10.0 Å². The summed E-state index contributed by atoms with van der Waals surface area (Å²) in [5.74, 6) is 0.0969. The highest BCUT2D eigenvalue weighted by atomic mass is 35.5. The van der Waals surface area contributed by atoms with Gasteiger partial charge in [0.2, 0.25) is 10.0 Å². The predicted octanol–water partition coefficient (Wildman–Crippen LogP) is 0.484. The molecule has 6 nitrogen and oxygen atoms in total. The highest BCUT2D eigenvalue weighted by Crippen LogP contribution is 2.32. The number of amides is 1. The minimum atomic E-state index is -3.59. The first kappa shape index (κ1) is 17.9. The summed E-state index contributed by atoms with van der Waals surface area (Å²) in [6, 6.07) is 5.61. The van der Waals surface area contributed by atoms with Gasteiger partial charge in [-0.2, -0.15) is 0 Å². The lowest BCUT2D eigenvalue weighted by Crippen LogP contribution is -2.41. The Balaban J connectivity index is 0.00000220. The highest BCUT2D eigenvalue weighted by Gasteiger charge is 2.33. The fourth-order valence-electron chi connectivity index (χ4n) is 2.03. The molecular weight excluding hydrogens is 314 g/mol. The largest absolute Gasteiger partial charge is 0.355 e. The second kappa shape index (κ2) is 7.22. The molecule has 1 aliphatic rings. The molecule has 0 aromatic heterocycles. The number of halogens is 1. The van der Waals surface area contributed by atoms with E-state index in [4.69, 9.17) is 5.73 Å². The average molecular weight is 334 g/mol. The molecule has 0 saturated heterocycles. The first-order valence-corrected chi connectivity index (χ1v) is 8.01. The first-order valence-electron chi connectivity index (χ1n) is 6.52. The molecule has 118 valence electrons. The van der Waals surface area contributed by atoms with E-state index in [9.17, 15) is 13.2 Å². The Morgan fingerprint density at radius 3 is 2.33 bits per heavy atom. The van der Waals surface area contributed by atoms with Gasteiger partial charge in [0.1, 0.15) is 0 Å². The van der Waals surface area contributed by atoms with Crippen molar-refractivity contribution in [3.05, 3.63) is 29.8 Å². The zero-order valence-electron chi connectivity index (χ0n) is 11.7. The van der Waals surface area contributed by atoms with Crippen LogP contribution in [0.1, 0.15) is 23.2 Å². The Kier molecular flexibility index (Phi) is 6.15. The Morgan fingerprint density at radius 1 is 1.33 bits per heavy atom. The van der Waals surface area contributed by atoms with Crippen LogP contribution in [0.15, 0.2) is 29.2 Å². The zero-order valence-corrected chi connectivity index (χ0v) is 13.3. The molecule has 1 atom stereocenters. The van der Waals surface area contributed by atoms with E-state index in [1.54, 1.807) is 0 Å². The van der Waals surface area contributed by atoms with Gasteiger partial charge in [-0.15, -0.1) is 12.4 Å². The molecule has 0 bridgehead atoms. The summed E-state index contributed by atoms with van der Waals surface area (Å²) in [7, 11) is -2.06. The third-order valence-electron chi connectivity index (χ3n) is 3.41. The molecular formula is C13H20ClN3O3S. The second-order valence-corrected chi connectivity index (χ2v) is 6.62. The van der Waals surface area contributed by atoms with Gasteiger partial charge in [0, 0.05) is 25.2 Å². The van der Waals surface area contributed by atoms with Crippen molar-refractivity contribution in [3.8, 4) is 0 Å². The van der Waals surface area contributed by atoms with E-state index < -0.39 is 10.0 Å². The lowest BCUT2D eigenvalue weighted by Gasteiger charge is -2.16. The van der Waals surface area contributed by atoms with E-state index in [1.165, 1.54) is 31.3 Å². The van der Waals surface area contributed by atoms with Crippen LogP contribution < -0.4 is 15.8 Å². The monoisotopic (exact) mass is 333 g/mol. The molecule has 1 aromatic carbocycles. The molecule has 1 aromatic rings. The molecule has 1 saturated carbocycles. The summed E-state index contributed by atoms with van der Waals surface area (Å²) < 4.78 is 27.1. The number of benzene rings is 1. The molecule has 4 N–H and O–H groups in total. The number of nitrogens with one attached hydrogen (secondary N) is 2. The summed E-state index contributed by atoms with van der Waals surface area (Å²) in [5, 5.41) is 2.48. The van der Waals surface area contributed by atoms with Crippen LogP contribution in [-0.4, -0.2) is 34.0 Å². The standard InChI is InChI=1S/C13H19N3O3S.ClH/c1-15-13(17)10-4-6-11(7-5-10)20(18,19)16-12(8-14)9-2-3-9;/h4-7,9,12,16H,2-3,8,14H2,1H3,(H,15,17);1H. The number of hydrogen-bond acceptors (Lipinski definition) is 4. The van der Waals surface area contributed by atoms with Crippen molar-refractivity contribution in [2.24, 2.45) is 11.7 Å². The van der Waals surface area contributed by atoms with Gasteiger partial charge in [0.05, 0.1) is 4.90 Å². The molecule has 0 spiro atoms. The van der Waals surface area contributed by atoms with Crippen molar-refractivity contribution >= 4 is 28.3 Å². The maximum absolute atomic E-state index is 12.2. The third-order valence-corrected chi connectivity index (χ3v) is 4.91. The van der Waals surface area contributed by atoms with Gasteiger partial charge in [0.25, 0.3) is 5.91 Å². The third kappa shape index (κ3) is 4.41. The van der Waals surface area contributed by atoms with Crippen molar-refractivity contribution in [1.29, 1.82) is 0 Å². The van der Waals surface area contributed by atoms with Gasteiger partial charge in [0.15, 0.2) is 0 Å². The molecule has 21 heavy (non-hydrogen) atoms. The van der Waals surface area contributed by atoms with E-state index >= 15 is 0 Å². The number of carbonyl (C=O) groups is 1. The van der Waals surface area contributed by atoms with Crippen LogP contribution in [0.5, 0.6) is 0 Å². The van der Waals surface area contributed by atoms with Gasteiger partial charge >= 0.3 is 0 Å². The number of rotatable bonds is 6. The Hall–Kier alpha value is -1.15. The highest BCUT2D eigenvalue weighted by molar-refractivity contribution is 7.89. The van der Waals surface area contributed by atoms with Crippen LogP contribution in [0.2, 0.25) is 0 Å². The summed E-state index contributed by atoms with van der Waals surface area (Å²) in [4.78, 5) is 11.5. The summed E-state index contributed by atoms with van der Waals surface area (Å²) in [5.41, 5.74) is 6.02. The van der Waals surface area contributed by atoms with Crippen LogP contribution in [0.3, 0.4) is 0 Å². The van der Waals surface area contributed by atoms with Crippen LogP contribution in [0.4, 0.5) is 0 Å². The number of sulfonamides is 1. The van der Waals surface area contributed by atoms with Gasteiger partial charge < -0.3 is 11.1 Å². The van der Waals surface area contributed by atoms with Gasteiger partial charge in [-0.3, -0.25) is 4.79 Å². The van der Waals surface area contributed by atoms with E-state index in [1.807, 2.05) is 0 Å². The van der Waals surface area contributed by atoms with Crippen molar-refractivity contribution in [2.45, 2.75) is 23.8 Å². The molecule has 2 rings (SSSR count). The lowest BCUT2D eigenvalue weighted by molar-refractivity contribution is 0.0963. The van der Waals surface area contributed by atoms with Crippen LogP contribution in [0, 0.1) is 5.92 Å². The van der Waals surface area contributed by atoms with Gasteiger partial charge in [-0.25, -0.2) is 13.1 Å². The fraction of sp³-hybridized carbons (Fsp3) is 0.462. The summed E-state index contributed by atoms with van der Waals surface area (Å²) in [6.07, 6.45) is 2.03. The molecule has 1 aliphatic carbocycles. The minimum absolute atomic E-state index is 0. The van der Waals surface area contributed by atoms with Crippen molar-refractivity contribution in [1.82, 2.24) is 10.0 Å². The van der Waals surface area contributed by atoms with Crippen LogP contribution in [0.25, 0.3) is 0 Å². The molecule has 0 heterocycles. The molecule has 1 unspecified atom stereocenters. The fourth-order valence-corrected chi connectivity index (χ4v) is 3.35. The SMILES string of the molecule is CNC(=O)c1ccc(S(=O)(=O)NC(CN)C2CC2)cc1.Cl. The molecule has 0 aliphatic heterocycles. The Morgan fingerprint density at radius 2 is 1.90 bits per heavy atom. The van der Waals surface area contributed by atoms with E-state index in [-0.39, 0.29) is 29.3 Å². The molecule has 8 heteroatoms. The van der Waals surface area contributed by atoms with Crippen molar-refractivity contribution < 1.29 is 13.2 Å². The lowest BCUT2D eigenvalue weighted by atomic mass is 10.2. The topological polar surface area (TPSA) is 101 Å². The zero-order chi connectivity index (χ0) is 14.8. The molecule has 1 amide bonds. The number of hydrogen-bond donors (Lipinski definition) is 3. The van der Waals surface area contributed by atoms with E-state index in [0.717, 1.165) is 12.8 Å². The van der Waals surface area contributed by atoms with Gasteiger partial charge in [-0.05, 0) is 43.0 Å². The van der Waals surface area contributed by atoms with Crippen molar-refractivity contribution in [3.63, 3.8) is 0 Å². The number of carbonyl (C=O) groups excluding carboxylic acids is 1.